The summed E-state index contributed by atoms with van der Waals surface area (Å²) in [7, 11) is 1.32. The van der Waals surface area contributed by atoms with Crippen LogP contribution >= 0.6 is 0 Å². The minimum absolute atomic E-state index is 0.0225. The second kappa shape index (κ2) is 5.87. The highest BCUT2D eigenvalue weighted by atomic mass is 19.1. The lowest BCUT2D eigenvalue weighted by Crippen LogP contribution is -2.43. The molecular formula is C13H14FNO5. The van der Waals surface area contributed by atoms with Crippen LogP contribution in [0, 0.1) is 11.7 Å². The molecule has 108 valence electrons. The van der Waals surface area contributed by atoms with Crippen molar-refractivity contribution in [2.24, 2.45) is 5.92 Å². The van der Waals surface area contributed by atoms with Crippen molar-refractivity contribution in [1.29, 1.82) is 0 Å². The standard InChI is InChI=1S/C13H14FNO5/c1-19-10-4-2-3-8(14)11(10)12(16)15-9-6-20-5-7(9)13(17)18/h2-4,7,9H,5-6H2,1H3,(H,15,16)(H,17,18). The van der Waals surface area contributed by atoms with Gasteiger partial charge in [-0.1, -0.05) is 6.07 Å². The molecular weight excluding hydrogens is 269 g/mol. The number of carbonyl (C=O) groups excluding carboxylic acids is 1. The van der Waals surface area contributed by atoms with Crippen LogP contribution in [-0.2, 0) is 9.53 Å². The molecule has 0 radical (unpaired) electrons. The van der Waals surface area contributed by atoms with E-state index in [4.69, 9.17) is 14.6 Å². The van der Waals surface area contributed by atoms with Crippen LogP contribution in [0.15, 0.2) is 18.2 Å². The van der Waals surface area contributed by atoms with E-state index in [0.717, 1.165) is 6.07 Å². The van der Waals surface area contributed by atoms with Crippen LogP contribution in [0.3, 0.4) is 0 Å². The highest BCUT2D eigenvalue weighted by molar-refractivity contribution is 5.97. The van der Waals surface area contributed by atoms with E-state index in [-0.39, 0.29) is 24.5 Å². The Hall–Kier alpha value is -2.15. The Morgan fingerprint density at radius 1 is 1.45 bits per heavy atom. The Morgan fingerprint density at radius 2 is 2.20 bits per heavy atom. The summed E-state index contributed by atoms with van der Waals surface area (Å²) in [5.41, 5.74) is -0.244. The third-order valence-electron chi connectivity index (χ3n) is 3.14. The fraction of sp³-hybridized carbons (Fsp3) is 0.385. The minimum atomic E-state index is -1.06. The predicted molar refractivity (Wildman–Crippen MR) is 66.2 cm³/mol. The van der Waals surface area contributed by atoms with Gasteiger partial charge in [0, 0.05) is 0 Å². The van der Waals surface area contributed by atoms with Crippen molar-refractivity contribution in [3.8, 4) is 5.75 Å². The molecule has 2 rings (SSSR count). The predicted octanol–water partition coefficient (Wildman–Crippen LogP) is 0.664. The maximum absolute atomic E-state index is 13.7. The Morgan fingerprint density at radius 3 is 2.85 bits per heavy atom. The zero-order chi connectivity index (χ0) is 14.7. The first-order valence-electron chi connectivity index (χ1n) is 5.98. The summed E-state index contributed by atoms with van der Waals surface area (Å²) in [5.74, 6) is -3.26. The number of benzene rings is 1. The average molecular weight is 283 g/mol. The summed E-state index contributed by atoms with van der Waals surface area (Å²) in [4.78, 5) is 23.1. The molecule has 20 heavy (non-hydrogen) atoms. The number of halogens is 1. The third-order valence-corrected chi connectivity index (χ3v) is 3.14. The van der Waals surface area contributed by atoms with Crippen molar-refractivity contribution in [1.82, 2.24) is 5.32 Å². The molecule has 6 nitrogen and oxygen atoms in total. The summed E-state index contributed by atoms with van der Waals surface area (Å²) in [6, 6.07) is 3.32. The zero-order valence-corrected chi connectivity index (χ0v) is 10.8. The monoisotopic (exact) mass is 283 g/mol. The van der Waals surface area contributed by atoms with Crippen molar-refractivity contribution in [3.05, 3.63) is 29.6 Å². The average Bonchev–Trinajstić information content (AvgIpc) is 2.86. The van der Waals surface area contributed by atoms with Crippen molar-refractivity contribution < 1.29 is 28.6 Å². The summed E-state index contributed by atoms with van der Waals surface area (Å²) in [6.45, 7) is 0.105. The Kier molecular flexibility index (Phi) is 4.19. The first-order chi connectivity index (χ1) is 9.54. The number of amides is 1. The van der Waals surface area contributed by atoms with Gasteiger partial charge in [-0.05, 0) is 12.1 Å². The fourth-order valence-electron chi connectivity index (χ4n) is 2.08. The van der Waals surface area contributed by atoms with E-state index in [9.17, 15) is 14.0 Å². The zero-order valence-electron chi connectivity index (χ0n) is 10.8. The summed E-state index contributed by atoms with van der Waals surface area (Å²) in [5, 5.41) is 11.5. The molecule has 1 saturated heterocycles. The van der Waals surface area contributed by atoms with Gasteiger partial charge in [-0.2, -0.15) is 0 Å². The molecule has 1 aromatic carbocycles. The Balaban J connectivity index is 2.18. The highest BCUT2D eigenvalue weighted by Gasteiger charge is 2.36. The van der Waals surface area contributed by atoms with Gasteiger partial charge in [0.25, 0.3) is 5.91 Å². The van der Waals surface area contributed by atoms with Gasteiger partial charge < -0.3 is 19.9 Å². The van der Waals surface area contributed by atoms with Crippen LogP contribution < -0.4 is 10.1 Å². The molecule has 1 aliphatic rings. The maximum atomic E-state index is 13.7. The fourth-order valence-corrected chi connectivity index (χ4v) is 2.08. The van der Waals surface area contributed by atoms with Gasteiger partial charge in [0.2, 0.25) is 0 Å². The molecule has 7 heteroatoms. The number of aliphatic carboxylic acids is 1. The largest absolute Gasteiger partial charge is 0.496 e. The van der Waals surface area contributed by atoms with Gasteiger partial charge in [-0.25, -0.2) is 4.39 Å². The van der Waals surface area contributed by atoms with Crippen LogP contribution in [0.4, 0.5) is 4.39 Å². The van der Waals surface area contributed by atoms with Gasteiger partial charge in [0.05, 0.1) is 26.4 Å². The van der Waals surface area contributed by atoms with Crippen LogP contribution in [-0.4, -0.2) is 43.3 Å². The molecule has 2 unspecified atom stereocenters. The van der Waals surface area contributed by atoms with Crippen molar-refractivity contribution in [2.75, 3.05) is 20.3 Å². The van der Waals surface area contributed by atoms with Gasteiger partial charge in [0.1, 0.15) is 23.0 Å². The van der Waals surface area contributed by atoms with Gasteiger partial charge in [-0.3, -0.25) is 9.59 Å². The molecule has 1 aliphatic heterocycles. The second-order valence-corrected chi connectivity index (χ2v) is 4.38. The van der Waals surface area contributed by atoms with E-state index in [2.05, 4.69) is 5.32 Å². The number of ether oxygens (including phenoxy) is 2. The van der Waals surface area contributed by atoms with E-state index in [1.54, 1.807) is 0 Å². The molecule has 1 aromatic rings. The Bertz CT molecular complexity index is 533. The normalized spacial score (nSPS) is 21.5. The quantitative estimate of drug-likeness (QED) is 0.848. The summed E-state index contributed by atoms with van der Waals surface area (Å²) < 4.78 is 23.7. The second-order valence-electron chi connectivity index (χ2n) is 4.38. The maximum Gasteiger partial charge on any atom is 0.311 e. The lowest BCUT2D eigenvalue weighted by atomic mass is 10.0. The highest BCUT2D eigenvalue weighted by Crippen LogP contribution is 2.22. The molecule has 0 bridgehead atoms. The molecule has 1 fully saturated rings. The molecule has 1 heterocycles. The van der Waals surface area contributed by atoms with Gasteiger partial charge in [-0.15, -0.1) is 0 Å². The third kappa shape index (κ3) is 2.72. The number of hydrogen-bond acceptors (Lipinski definition) is 4. The number of methoxy groups -OCH3 is 1. The van der Waals surface area contributed by atoms with Crippen LogP contribution in [0.2, 0.25) is 0 Å². The number of hydrogen-bond donors (Lipinski definition) is 2. The number of carboxylic acids is 1. The van der Waals surface area contributed by atoms with Gasteiger partial charge >= 0.3 is 5.97 Å². The molecule has 0 saturated carbocycles. The summed E-state index contributed by atoms with van der Waals surface area (Å²) in [6.07, 6.45) is 0. The van der Waals surface area contributed by atoms with Crippen LogP contribution in [0.25, 0.3) is 0 Å². The first-order valence-corrected chi connectivity index (χ1v) is 5.98. The van der Waals surface area contributed by atoms with E-state index in [1.165, 1.54) is 19.2 Å². The lowest BCUT2D eigenvalue weighted by molar-refractivity contribution is -0.142. The smallest absolute Gasteiger partial charge is 0.311 e. The molecule has 0 aromatic heterocycles. The minimum Gasteiger partial charge on any atom is -0.496 e. The molecule has 2 atom stereocenters. The van der Waals surface area contributed by atoms with E-state index >= 15 is 0 Å². The first kappa shape index (κ1) is 14.3. The molecule has 2 N–H and O–H groups in total. The summed E-state index contributed by atoms with van der Waals surface area (Å²) >= 11 is 0. The number of carboxylic acid groups (broad SMARTS) is 1. The van der Waals surface area contributed by atoms with Crippen molar-refractivity contribution in [3.63, 3.8) is 0 Å². The SMILES string of the molecule is COc1cccc(F)c1C(=O)NC1COCC1C(=O)O. The van der Waals surface area contributed by atoms with Crippen LogP contribution in [0.5, 0.6) is 5.75 Å². The van der Waals surface area contributed by atoms with Crippen LogP contribution in [0.1, 0.15) is 10.4 Å². The molecule has 0 spiro atoms. The number of rotatable bonds is 4. The number of nitrogens with one attached hydrogen (secondary N) is 1. The van der Waals surface area contributed by atoms with Gasteiger partial charge in [0.15, 0.2) is 0 Å². The van der Waals surface area contributed by atoms with E-state index in [0.29, 0.717) is 0 Å². The molecule has 0 aliphatic carbocycles. The Labute approximate surface area is 114 Å². The van der Waals surface area contributed by atoms with Crippen molar-refractivity contribution in [2.45, 2.75) is 6.04 Å². The molecule has 1 amide bonds. The topological polar surface area (TPSA) is 84.9 Å². The van der Waals surface area contributed by atoms with Crippen molar-refractivity contribution >= 4 is 11.9 Å². The van der Waals surface area contributed by atoms with E-state index in [1.807, 2.05) is 0 Å². The number of carbonyl (C=O) groups is 2. The van der Waals surface area contributed by atoms with E-state index < -0.39 is 29.7 Å². The lowest BCUT2D eigenvalue weighted by Gasteiger charge is -2.17.